The van der Waals surface area contributed by atoms with Crippen molar-refractivity contribution in [3.63, 3.8) is 0 Å². The number of carbonyl (C=O) groups is 2. The van der Waals surface area contributed by atoms with Crippen molar-refractivity contribution in [1.29, 1.82) is 0 Å². The molecule has 4 nitrogen and oxygen atoms in total. The van der Waals surface area contributed by atoms with Crippen molar-refractivity contribution >= 4 is 11.9 Å². The predicted molar refractivity (Wildman–Crippen MR) is 55.9 cm³/mol. The van der Waals surface area contributed by atoms with E-state index in [2.05, 4.69) is 6.58 Å². The van der Waals surface area contributed by atoms with Crippen molar-refractivity contribution < 1.29 is 19.1 Å². The molecule has 4 heteroatoms. The van der Waals surface area contributed by atoms with E-state index in [1.165, 1.54) is 6.08 Å². The molecule has 0 fully saturated rings. The summed E-state index contributed by atoms with van der Waals surface area (Å²) in [4.78, 5) is 21.8. The minimum absolute atomic E-state index is 0.0917. The first-order chi connectivity index (χ1) is 6.95. The minimum atomic E-state index is -0.541. The maximum Gasteiger partial charge on any atom is 0.335 e. The highest BCUT2D eigenvalue weighted by Gasteiger charge is 2.04. The molecular weight excluding hydrogens is 196 g/mol. The number of allylic oxidation sites excluding steroid dienone is 1. The Kier molecular flexibility index (Phi) is 6.09. The number of carbonyl (C=O) groups excluding carboxylic acids is 2. The molecule has 0 saturated heterocycles. The average Bonchev–Trinajstić information content (AvgIpc) is 2.13. The van der Waals surface area contributed by atoms with Crippen LogP contribution in [0.3, 0.4) is 0 Å². The van der Waals surface area contributed by atoms with Crippen LogP contribution in [0.1, 0.15) is 27.2 Å². The highest BCUT2D eigenvalue weighted by molar-refractivity contribution is 5.82. The van der Waals surface area contributed by atoms with E-state index in [1.807, 2.05) is 0 Å². The highest BCUT2D eigenvalue weighted by atomic mass is 16.5. The third-order valence-corrected chi connectivity index (χ3v) is 1.35. The van der Waals surface area contributed by atoms with Crippen molar-refractivity contribution in [1.82, 2.24) is 0 Å². The van der Waals surface area contributed by atoms with Gasteiger partial charge in [-0.25, -0.2) is 4.79 Å². The minimum Gasteiger partial charge on any atom is -0.463 e. The average molecular weight is 212 g/mol. The van der Waals surface area contributed by atoms with Gasteiger partial charge in [0.2, 0.25) is 0 Å². The van der Waals surface area contributed by atoms with Crippen LogP contribution >= 0.6 is 0 Å². The lowest BCUT2D eigenvalue weighted by atomic mass is 10.3. The van der Waals surface area contributed by atoms with Crippen molar-refractivity contribution in [2.24, 2.45) is 0 Å². The molecule has 15 heavy (non-hydrogen) atoms. The van der Waals surface area contributed by atoms with Crippen LogP contribution in [0.25, 0.3) is 0 Å². The number of rotatable bonds is 5. The van der Waals surface area contributed by atoms with E-state index in [0.29, 0.717) is 5.76 Å². The maximum absolute atomic E-state index is 11.1. The van der Waals surface area contributed by atoms with E-state index in [1.54, 1.807) is 20.8 Å². The molecule has 0 heterocycles. The fourth-order valence-corrected chi connectivity index (χ4v) is 0.780. The first-order valence-corrected chi connectivity index (χ1v) is 4.66. The second-order valence-electron chi connectivity index (χ2n) is 3.18. The fourth-order valence-electron chi connectivity index (χ4n) is 0.780. The standard InChI is InChI=1S/C11H16O4/c1-5-10(12)15-9(4)6-7-11(13)14-8(2)3/h5-6,8H,1,7H2,2-4H3/b9-6+. The molecule has 0 aromatic carbocycles. The zero-order valence-electron chi connectivity index (χ0n) is 9.28. The predicted octanol–water partition coefficient (Wildman–Crippen LogP) is 1.96. The molecule has 0 aromatic rings. The van der Waals surface area contributed by atoms with Gasteiger partial charge in [0.1, 0.15) is 5.76 Å². The molecule has 0 rings (SSSR count). The molecule has 0 amide bonds. The van der Waals surface area contributed by atoms with Crippen LogP contribution in [0.4, 0.5) is 0 Å². The lowest BCUT2D eigenvalue weighted by molar-refractivity contribution is -0.146. The summed E-state index contributed by atoms with van der Waals surface area (Å²) >= 11 is 0. The van der Waals surface area contributed by atoms with Gasteiger partial charge in [-0.1, -0.05) is 6.58 Å². The monoisotopic (exact) mass is 212 g/mol. The molecular formula is C11H16O4. The van der Waals surface area contributed by atoms with Gasteiger partial charge in [0.25, 0.3) is 0 Å². The van der Waals surface area contributed by atoms with Gasteiger partial charge in [0.05, 0.1) is 12.5 Å². The van der Waals surface area contributed by atoms with Gasteiger partial charge in [-0.3, -0.25) is 4.79 Å². The van der Waals surface area contributed by atoms with Crippen LogP contribution in [0.15, 0.2) is 24.5 Å². The smallest absolute Gasteiger partial charge is 0.335 e. The van der Waals surface area contributed by atoms with Crippen molar-refractivity contribution in [3.05, 3.63) is 24.5 Å². The molecule has 0 spiro atoms. The molecule has 0 aliphatic heterocycles. The molecule has 0 unspecified atom stereocenters. The Labute approximate surface area is 89.6 Å². The maximum atomic E-state index is 11.1. The van der Waals surface area contributed by atoms with Crippen molar-refractivity contribution in [2.45, 2.75) is 33.3 Å². The van der Waals surface area contributed by atoms with Crippen LogP contribution in [-0.4, -0.2) is 18.0 Å². The molecule has 0 aliphatic rings. The molecule has 0 aliphatic carbocycles. The molecule has 0 saturated carbocycles. The Balaban J connectivity index is 3.99. The molecule has 84 valence electrons. The van der Waals surface area contributed by atoms with Gasteiger partial charge in [-0.05, 0) is 26.8 Å². The van der Waals surface area contributed by atoms with Crippen LogP contribution in [0.5, 0.6) is 0 Å². The summed E-state index contributed by atoms with van der Waals surface area (Å²) in [6.45, 7) is 8.38. The number of ether oxygens (including phenoxy) is 2. The molecule has 0 bridgehead atoms. The normalized spacial score (nSPS) is 11.1. The highest BCUT2D eigenvalue weighted by Crippen LogP contribution is 2.01. The van der Waals surface area contributed by atoms with Crippen molar-refractivity contribution in [2.75, 3.05) is 0 Å². The van der Waals surface area contributed by atoms with Gasteiger partial charge < -0.3 is 9.47 Å². The first-order valence-electron chi connectivity index (χ1n) is 4.66. The molecule has 0 radical (unpaired) electrons. The summed E-state index contributed by atoms with van der Waals surface area (Å²) in [7, 11) is 0. The van der Waals surface area contributed by atoms with E-state index in [-0.39, 0.29) is 18.5 Å². The second-order valence-corrected chi connectivity index (χ2v) is 3.18. The Morgan fingerprint density at radius 3 is 2.47 bits per heavy atom. The van der Waals surface area contributed by atoms with E-state index >= 15 is 0 Å². The van der Waals surface area contributed by atoms with Crippen LogP contribution in [0, 0.1) is 0 Å². The largest absolute Gasteiger partial charge is 0.463 e. The fraction of sp³-hybridized carbons (Fsp3) is 0.455. The van der Waals surface area contributed by atoms with E-state index in [0.717, 1.165) is 6.08 Å². The Hall–Kier alpha value is -1.58. The van der Waals surface area contributed by atoms with Gasteiger partial charge in [0, 0.05) is 6.08 Å². The van der Waals surface area contributed by atoms with E-state index in [9.17, 15) is 9.59 Å². The summed E-state index contributed by atoms with van der Waals surface area (Å²) < 4.78 is 9.64. The molecule has 0 aromatic heterocycles. The van der Waals surface area contributed by atoms with Crippen molar-refractivity contribution in [3.8, 4) is 0 Å². The summed E-state index contributed by atoms with van der Waals surface area (Å²) in [6.07, 6.45) is 2.51. The quantitative estimate of drug-likeness (QED) is 0.397. The van der Waals surface area contributed by atoms with E-state index < -0.39 is 5.97 Å². The van der Waals surface area contributed by atoms with Gasteiger partial charge in [-0.2, -0.15) is 0 Å². The summed E-state index contributed by atoms with van der Waals surface area (Å²) in [6, 6.07) is 0. The topological polar surface area (TPSA) is 52.6 Å². The molecule has 0 atom stereocenters. The number of hydrogen-bond acceptors (Lipinski definition) is 4. The summed E-state index contributed by atoms with van der Waals surface area (Å²) in [5.74, 6) is -0.527. The lowest BCUT2D eigenvalue weighted by Gasteiger charge is -2.06. The Morgan fingerprint density at radius 2 is 2.00 bits per heavy atom. The number of hydrogen-bond donors (Lipinski definition) is 0. The second kappa shape index (κ2) is 6.81. The van der Waals surface area contributed by atoms with Crippen LogP contribution in [0.2, 0.25) is 0 Å². The zero-order chi connectivity index (χ0) is 11.8. The van der Waals surface area contributed by atoms with Gasteiger partial charge >= 0.3 is 11.9 Å². The zero-order valence-corrected chi connectivity index (χ0v) is 9.28. The Morgan fingerprint density at radius 1 is 1.40 bits per heavy atom. The first kappa shape index (κ1) is 13.4. The SMILES string of the molecule is C=CC(=O)O/C(C)=C/CC(=O)OC(C)C. The third-order valence-electron chi connectivity index (χ3n) is 1.35. The summed E-state index contributed by atoms with van der Waals surface area (Å²) in [5, 5.41) is 0. The number of esters is 2. The Bertz CT molecular complexity index is 276. The van der Waals surface area contributed by atoms with Crippen LogP contribution < -0.4 is 0 Å². The van der Waals surface area contributed by atoms with E-state index in [4.69, 9.17) is 9.47 Å². The molecule has 0 N–H and O–H groups in total. The van der Waals surface area contributed by atoms with Crippen LogP contribution in [-0.2, 0) is 19.1 Å². The van der Waals surface area contributed by atoms with Gasteiger partial charge in [-0.15, -0.1) is 0 Å². The third kappa shape index (κ3) is 7.49. The van der Waals surface area contributed by atoms with Gasteiger partial charge in [0.15, 0.2) is 0 Å². The lowest BCUT2D eigenvalue weighted by Crippen LogP contribution is -2.10. The summed E-state index contributed by atoms with van der Waals surface area (Å²) in [5.41, 5.74) is 0.